The van der Waals surface area contributed by atoms with E-state index in [9.17, 15) is 58.6 Å². The SMILES string of the molecule is C[C@@H](O)[C@H]1C(=O)N2C(C(=O)[O-])=C(CN(C)CC[N+](C)(CCCCC(=O)c3ccc(O)c(O)c3F)CCCNC(=O)c3ccc(O)c(O)c3F)[C@H](C)[C@H]12. The summed E-state index contributed by atoms with van der Waals surface area (Å²) >= 11 is 0. The van der Waals surface area contributed by atoms with E-state index < -0.39 is 81.8 Å². The highest BCUT2D eigenvalue weighted by Gasteiger charge is 2.58. The number of halogens is 2. The van der Waals surface area contributed by atoms with Crippen LogP contribution in [0.25, 0.3) is 0 Å². The molecule has 284 valence electrons. The van der Waals surface area contributed by atoms with E-state index in [1.54, 1.807) is 0 Å². The number of aliphatic hydroxyl groups is 1. The van der Waals surface area contributed by atoms with Crippen molar-refractivity contribution in [2.24, 2.45) is 11.8 Å². The van der Waals surface area contributed by atoms with Crippen molar-refractivity contribution >= 4 is 23.6 Å². The molecule has 52 heavy (non-hydrogen) atoms. The number of hydrogen-bond acceptors (Lipinski definition) is 11. The number of hydrogen-bond donors (Lipinski definition) is 6. The third kappa shape index (κ3) is 8.29. The number of Topliss-reactive ketones (excluding diaryl/α,β-unsaturated/α-hetero) is 1. The lowest BCUT2D eigenvalue weighted by molar-refractivity contribution is -0.909. The van der Waals surface area contributed by atoms with Crippen LogP contribution in [0.3, 0.4) is 0 Å². The normalized spacial score (nSPS) is 20.0. The third-order valence-electron chi connectivity index (χ3n) is 10.2. The van der Waals surface area contributed by atoms with Gasteiger partial charge in [0.25, 0.3) is 5.91 Å². The maximum absolute atomic E-state index is 14.4. The van der Waals surface area contributed by atoms with Crippen LogP contribution in [0.5, 0.6) is 23.0 Å². The topological polar surface area (TPSA) is 211 Å². The van der Waals surface area contributed by atoms with Crippen molar-refractivity contribution < 1.29 is 63.1 Å². The number of carbonyl (C=O) groups excluding carboxylic acids is 4. The summed E-state index contributed by atoms with van der Waals surface area (Å²) in [7, 11) is 3.78. The minimum atomic E-state index is -1.46. The van der Waals surface area contributed by atoms with Crippen LogP contribution in [0.15, 0.2) is 35.5 Å². The summed E-state index contributed by atoms with van der Waals surface area (Å²) in [5, 5.41) is 63.2. The number of ketones is 1. The molecule has 2 aromatic carbocycles. The number of aliphatic carboxylic acids is 1. The first-order chi connectivity index (χ1) is 24.4. The number of phenolic OH excluding ortho intramolecular Hbond substituents is 4. The zero-order valence-corrected chi connectivity index (χ0v) is 29.6. The number of rotatable bonds is 18. The first kappa shape index (κ1) is 40.0. The molecule has 4 rings (SSSR count). The number of quaternary nitrogens is 1. The number of carboxylic acid groups (broad SMARTS) is 1. The van der Waals surface area contributed by atoms with Gasteiger partial charge in [0, 0.05) is 38.4 Å². The van der Waals surface area contributed by atoms with E-state index in [1.165, 1.54) is 11.8 Å². The zero-order chi connectivity index (χ0) is 38.7. The van der Waals surface area contributed by atoms with Crippen molar-refractivity contribution in [1.82, 2.24) is 15.1 Å². The zero-order valence-electron chi connectivity index (χ0n) is 29.6. The number of fused-ring (bicyclic) bond motifs is 1. The van der Waals surface area contributed by atoms with E-state index in [2.05, 4.69) is 5.32 Å². The maximum atomic E-state index is 14.4. The standard InChI is InChI=1S/C36H46F2N4O10/c1-19-23(31(36(51)52)41-30(19)27(20(2)43)35(41)50)18-40(3)14-17-42(4,15-6-5-8-24(44)21-9-11-25(45)32(47)28(21)37)16-7-13-39-34(49)22-10-12-26(46)33(48)29(22)38/h9-12,19-20,27,30,43H,5-8,13-18H2,1-4H3,(H5-,39,44,45,46,47,48,49,51,52)/t19-,20+,27+,30+,42?/m0/s1. The molecule has 1 unspecified atom stereocenters. The lowest BCUT2D eigenvalue weighted by Gasteiger charge is -2.47. The number of likely N-dealkylation sites (N-methyl/N-ethyl adjacent to an activating group) is 2. The molecule has 16 heteroatoms. The van der Waals surface area contributed by atoms with Gasteiger partial charge in [-0.15, -0.1) is 0 Å². The number of aliphatic hydroxyl groups excluding tert-OH is 1. The molecule has 0 saturated carbocycles. The molecule has 2 heterocycles. The van der Waals surface area contributed by atoms with Gasteiger partial charge >= 0.3 is 0 Å². The van der Waals surface area contributed by atoms with Crippen molar-refractivity contribution in [1.29, 1.82) is 0 Å². The minimum absolute atomic E-state index is 0.0238. The largest absolute Gasteiger partial charge is 0.543 e. The second kappa shape index (κ2) is 16.3. The van der Waals surface area contributed by atoms with E-state index in [1.807, 2.05) is 25.9 Å². The Morgan fingerprint density at radius 1 is 0.962 bits per heavy atom. The minimum Gasteiger partial charge on any atom is -0.543 e. The highest BCUT2D eigenvalue weighted by molar-refractivity contribution is 5.99. The molecule has 1 saturated heterocycles. The number of aromatic hydroxyl groups is 4. The molecule has 5 atom stereocenters. The Morgan fingerprint density at radius 2 is 1.54 bits per heavy atom. The fourth-order valence-electron chi connectivity index (χ4n) is 7.13. The van der Waals surface area contributed by atoms with Crippen molar-refractivity contribution in [2.75, 3.05) is 53.4 Å². The van der Waals surface area contributed by atoms with Gasteiger partial charge in [0.2, 0.25) is 5.91 Å². The van der Waals surface area contributed by atoms with Crippen LogP contribution in [-0.2, 0) is 9.59 Å². The first-order valence-electron chi connectivity index (χ1n) is 17.1. The lowest BCUT2D eigenvalue weighted by Crippen LogP contribution is -2.64. The highest BCUT2D eigenvalue weighted by Crippen LogP contribution is 2.47. The first-order valence-corrected chi connectivity index (χ1v) is 17.1. The Morgan fingerprint density at radius 3 is 2.13 bits per heavy atom. The second-order valence-electron chi connectivity index (χ2n) is 14.0. The van der Waals surface area contributed by atoms with Gasteiger partial charge in [-0.3, -0.25) is 19.3 Å². The highest BCUT2D eigenvalue weighted by atomic mass is 19.1. The Labute approximate surface area is 299 Å². The molecule has 0 aliphatic carbocycles. The summed E-state index contributed by atoms with van der Waals surface area (Å²) in [4.78, 5) is 53.3. The fourth-order valence-corrected chi connectivity index (χ4v) is 7.13. The van der Waals surface area contributed by atoms with Gasteiger partial charge in [0.15, 0.2) is 40.4 Å². The molecule has 14 nitrogen and oxygen atoms in total. The number of phenols is 4. The van der Waals surface area contributed by atoms with Gasteiger partial charge < -0.3 is 50.1 Å². The Bertz CT molecular complexity index is 1670. The summed E-state index contributed by atoms with van der Waals surface area (Å²) in [6.07, 6.45) is 0.376. The fraction of sp³-hybridized carbons (Fsp3) is 0.500. The Balaban J connectivity index is 1.40. The number of nitrogens with zero attached hydrogens (tertiary/aromatic N) is 3. The molecule has 2 aliphatic rings. The van der Waals surface area contributed by atoms with Crippen LogP contribution in [0, 0.1) is 23.5 Å². The van der Waals surface area contributed by atoms with Crippen LogP contribution < -0.4 is 10.4 Å². The quantitative estimate of drug-likeness (QED) is 0.0422. The molecular formula is C36H46F2N4O10. The van der Waals surface area contributed by atoms with Gasteiger partial charge in [0.05, 0.1) is 67.5 Å². The molecule has 2 amide bonds. The average molecular weight is 733 g/mol. The second-order valence-corrected chi connectivity index (χ2v) is 14.0. The number of amides is 2. The van der Waals surface area contributed by atoms with Gasteiger partial charge in [-0.2, -0.15) is 0 Å². The lowest BCUT2D eigenvalue weighted by atomic mass is 9.77. The third-order valence-corrected chi connectivity index (χ3v) is 10.2. The molecule has 2 aromatic rings. The van der Waals surface area contributed by atoms with Gasteiger partial charge in [-0.05, 0) is 56.7 Å². The molecule has 6 N–H and O–H groups in total. The van der Waals surface area contributed by atoms with Crippen molar-refractivity contribution in [2.45, 2.75) is 51.7 Å². The van der Waals surface area contributed by atoms with Crippen LogP contribution in [0.2, 0.25) is 0 Å². The summed E-state index contributed by atoms with van der Waals surface area (Å²) in [5.41, 5.74) is -0.407. The number of carbonyl (C=O) groups is 4. The number of nitrogens with one attached hydrogen (secondary N) is 1. The molecule has 2 aliphatic heterocycles. The van der Waals surface area contributed by atoms with Crippen molar-refractivity contribution in [3.63, 3.8) is 0 Å². The number of benzene rings is 2. The number of unbranched alkanes of at least 4 members (excludes halogenated alkanes) is 1. The Kier molecular flexibility index (Phi) is 12.5. The Hall–Kier alpha value is -4.80. The van der Waals surface area contributed by atoms with E-state index >= 15 is 0 Å². The van der Waals surface area contributed by atoms with Crippen LogP contribution in [0.1, 0.15) is 60.2 Å². The van der Waals surface area contributed by atoms with E-state index in [4.69, 9.17) is 0 Å². The summed E-state index contributed by atoms with van der Waals surface area (Å²) in [5.74, 6) is -10.1. The summed E-state index contributed by atoms with van der Waals surface area (Å²) < 4.78 is 29.1. The van der Waals surface area contributed by atoms with E-state index in [-0.39, 0.29) is 36.7 Å². The van der Waals surface area contributed by atoms with E-state index in [0.717, 1.165) is 24.3 Å². The summed E-state index contributed by atoms with van der Waals surface area (Å²) in [6, 6.07) is 3.74. The van der Waals surface area contributed by atoms with E-state index in [0.29, 0.717) is 55.5 Å². The predicted molar refractivity (Wildman–Crippen MR) is 180 cm³/mol. The number of β-lactam (4-membered cyclic amide) rings is 1. The number of carboxylic acids is 1. The maximum Gasteiger partial charge on any atom is 0.254 e. The molecule has 0 spiro atoms. The van der Waals surface area contributed by atoms with Crippen LogP contribution in [-0.4, -0.2) is 129 Å². The molecule has 1 fully saturated rings. The van der Waals surface area contributed by atoms with Crippen molar-refractivity contribution in [3.8, 4) is 23.0 Å². The smallest absolute Gasteiger partial charge is 0.254 e. The molecule has 0 radical (unpaired) electrons. The van der Waals surface area contributed by atoms with Gasteiger partial charge in [-0.1, -0.05) is 6.92 Å². The summed E-state index contributed by atoms with van der Waals surface area (Å²) in [6.45, 7) is 5.74. The molecular weight excluding hydrogens is 686 g/mol. The molecule has 0 aromatic heterocycles. The van der Waals surface area contributed by atoms with Crippen LogP contribution >= 0.6 is 0 Å². The average Bonchev–Trinajstić information content (AvgIpc) is 3.32. The van der Waals surface area contributed by atoms with Crippen LogP contribution in [0.4, 0.5) is 8.78 Å². The van der Waals surface area contributed by atoms with Gasteiger partial charge in [-0.25, -0.2) is 8.78 Å². The monoisotopic (exact) mass is 732 g/mol. The van der Waals surface area contributed by atoms with Crippen molar-refractivity contribution in [3.05, 3.63) is 58.3 Å². The predicted octanol–water partition coefficient (Wildman–Crippen LogP) is 1.20. The van der Waals surface area contributed by atoms with Gasteiger partial charge in [0.1, 0.15) is 0 Å². The molecule has 0 bridgehead atoms.